The van der Waals surface area contributed by atoms with E-state index < -0.39 is 8.07 Å². The molecule has 0 aromatic carbocycles. The van der Waals surface area contributed by atoms with Gasteiger partial charge in [-0.05, 0) is 6.42 Å². The molecule has 1 aliphatic rings. The second kappa shape index (κ2) is 2.77. The predicted molar refractivity (Wildman–Crippen MR) is 58.6 cm³/mol. The first-order valence-corrected chi connectivity index (χ1v) is 8.43. The normalized spacial score (nSPS) is 39.6. The molecule has 0 saturated carbocycles. The average molecular weight is 268 g/mol. The van der Waals surface area contributed by atoms with Gasteiger partial charge in [-0.1, -0.05) is 61.5 Å². The quantitative estimate of drug-likeness (QED) is 0.357. The van der Waals surface area contributed by atoms with Crippen LogP contribution in [0.2, 0.25) is 19.1 Å². The lowest BCUT2D eigenvalue weighted by atomic mass is 10.2. The van der Waals surface area contributed by atoms with Crippen molar-refractivity contribution in [3.8, 4) is 0 Å². The standard InChI is InChI=1S/C8H17ISi/c1-8(9)6-4-5-7-10(8,2)3/h4-7H2,1-3H3. The van der Waals surface area contributed by atoms with Gasteiger partial charge < -0.3 is 0 Å². The molecule has 1 atom stereocenters. The molecule has 10 heavy (non-hydrogen) atoms. The van der Waals surface area contributed by atoms with Crippen LogP contribution in [0.1, 0.15) is 26.2 Å². The first-order valence-electron chi connectivity index (χ1n) is 4.15. The smallest absolute Gasteiger partial charge is 0.0651 e. The Morgan fingerprint density at radius 2 is 1.90 bits per heavy atom. The molecule has 1 unspecified atom stereocenters. The van der Waals surface area contributed by atoms with Crippen molar-refractivity contribution in [2.24, 2.45) is 0 Å². The molecule has 0 aliphatic carbocycles. The minimum atomic E-state index is -0.831. The Kier molecular flexibility index (Phi) is 2.51. The number of alkyl halides is 1. The van der Waals surface area contributed by atoms with Crippen LogP contribution in [0.15, 0.2) is 0 Å². The molecule has 0 aromatic rings. The van der Waals surface area contributed by atoms with Gasteiger partial charge in [0.05, 0.1) is 8.07 Å². The molecule has 60 valence electrons. The maximum atomic E-state index is 2.70. The van der Waals surface area contributed by atoms with Gasteiger partial charge in [0.25, 0.3) is 0 Å². The molecule has 0 aromatic heterocycles. The fourth-order valence-electron chi connectivity index (χ4n) is 1.62. The average Bonchev–Trinajstić information content (AvgIpc) is 1.77. The van der Waals surface area contributed by atoms with Crippen LogP contribution in [-0.4, -0.2) is 11.1 Å². The summed E-state index contributed by atoms with van der Waals surface area (Å²) in [5.41, 5.74) is 0. The van der Waals surface area contributed by atoms with Gasteiger partial charge in [0.15, 0.2) is 0 Å². The summed E-state index contributed by atoms with van der Waals surface area (Å²) in [6.45, 7) is 7.54. The van der Waals surface area contributed by atoms with Crippen molar-refractivity contribution in [1.82, 2.24) is 0 Å². The largest absolute Gasteiger partial charge is 0.0827 e. The third-order valence-corrected chi connectivity index (χ3v) is 12.7. The Morgan fingerprint density at radius 3 is 2.20 bits per heavy atom. The molecule has 0 spiro atoms. The Labute approximate surface area is 78.9 Å². The van der Waals surface area contributed by atoms with Crippen molar-refractivity contribution in [2.45, 2.75) is 48.4 Å². The molecule has 0 amide bonds. The van der Waals surface area contributed by atoms with Crippen molar-refractivity contribution < 1.29 is 0 Å². The third kappa shape index (κ3) is 1.57. The molecule has 0 nitrogen and oxygen atoms in total. The minimum absolute atomic E-state index is 0.684. The van der Waals surface area contributed by atoms with Crippen LogP contribution < -0.4 is 0 Å². The van der Waals surface area contributed by atoms with Crippen molar-refractivity contribution in [2.75, 3.05) is 0 Å². The Bertz CT molecular complexity index is 113. The van der Waals surface area contributed by atoms with E-state index in [1.54, 1.807) is 6.04 Å². The highest BCUT2D eigenvalue weighted by molar-refractivity contribution is 14.1. The molecule has 1 heterocycles. The minimum Gasteiger partial charge on any atom is -0.0827 e. The van der Waals surface area contributed by atoms with Gasteiger partial charge in [-0.25, -0.2) is 0 Å². The van der Waals surface area contributed by atoms with Crippen molar-refractivity contribution in [3.63, 3.8) is 0 Å². The molecule has 1 rings (SSSR count). The van der Waals surface area contributed by atoms with Gasteiger partial charge in [-0.2, -0.15) is 0 Å². The molecule has 1 aliphatic heterocycles. The van der Waals surface area contributed by atoms with Gasteiger partial charge in [0, 0.05) is 3.04 Å². The summed E-state index contributed by atoms with van der Waals surface area (Å²) in [6, 6.07) is 1.55. The van der Waals surface area contributed by atoms with E-state index >= 15 is 0 Å². The van der Waals surface area contributed by atoms with Crippen LogP contribution in [-0.2, 0) is 0 Å². The lowest BCUT2D eigenvalue weighted by Crippen LogP contribution is -2.49. The predicted octanol–water partition coefficient (Wildman–Crippen LogP) is 3.61. The molecule has 0 bridgehead atoms. The molecule has 0 radical (unpaired) electrons. The lowest BCUT2D eigenvalue weighted by molar-refractivity contribution is 0.628. The topological polar surface area (TPSA) is 0 Å². The van der Waals surface area contributed by atoms with Crippen molar-refractivity contribution >= 4 is 30.7 Å². The van der Waals surface area contributed by atoms with Gasteiger partial charge >= 0.3 is 0 Å². The summed E-state index contributed by atoms with van der Waals surface area (Å²) >= 11 is 2.70. The van der Waals surface area contributed by atoms with E-state index in [0.29, 0.717) is 3.04 Å². The second-order valence-electron chi connectivity index (χ2n) is 4.29. The van der Waals surface area contributed by atoms with Crippen LogP contribution in [0, 0.1) is 0 Å². The molecule has 1 saturated heterocycles. The first-order chi connectivity index (χ1) is 4.46. The van der Waals surface area contributed by atoms with Gasteiger partial charge in [-0.3, -0.25) is 0 Å². The lowest BCUT2D eigenvalue weighted by Gasteiger charge is -2.42. The summed E-state index contributed by atoms with van der Waals surface area (Å²) < 4.78 is 0.684. The number of hydrogen-bond donors (Lipinski definition) is 0. The summed E-state index contributed by atoms with van der Waals surface area (Å²) in [5.74, 6) is 0. The SMILES string of the molecule is CC1(I)CCCC[Si]1(C)C. The monoisotopic (exact) mass is 268 g/mol. The van der Waals surface area contributed by atoms with Crippen LogP contribution in [0.25, 0.3) is 0 Å². The van der Waals surface area contributed by atoms with E-state index in [-0.39, 0.29) is 0 Å². The maximum Gasteiger partial charge on any atom is 0.0651 e. The van der Waals surface area contributed by atoms with Crippen molar-refractivity contribution in [1.29, 1.82) is 0 Å². The molecule has 2 heteroatoms. The van der Waals surface area contributed by atoms with E-state index in [1.807, 2.05) is 0 Å². The van der Waals surface area contributed by atoms with E-state index in [0.717, 1.165) is 0 Å². The van der Waals surface area contributed by atoms with Crippen LogP contribution in [0.4, 0.5) is 0 Å². The highest BCUT2D eigenvalue weighted by Crippen LogP contribution is 2.42. The highest BCUT2D eigenvalue weighted by atomic mass is 127. The molecular weight excluding hydrogens is 251 g/mol. The number of hydrogen-bond acceptors (Lipinski definition) is 0. The zero-order chi connectivity index (χ0) is 7.83. The summed E-state index contributed by atoms with van der Waals surface area (Å²) in [7, 11) is -0.831. The zero-order valence-corrected chi connectivity index (χ0v) is 10.4. The van der Waals surface area contributed by atoms with Gasteiger partial charge in [0.1, 0.15) is 0 Å². The molecule has 1 fully saturated rings. The summed E-state index contributed by atoms with van der Waals surface area (Å²) in [6.07, 6.45) is 4.43. The van der Waals surface area contributed by atoms with Crippen LogP contribution in [0.5, 0.6) is 0 Å². The number of rotatable bonds is 0. The summed E-state index contributed by atoms with van der Waals surface area (Å²) in [5, 5.41) is 0. The maximum absolute atomic E-state index is 2.70. The van der Waals surface area contributed by atoms with Crippen LogP contribution >= 0.6 is 22.6 Å². The fraction of sp³-hybridized carbons (Fsp3) is 1.00. The van der Waals surface area contributed by atoms with E-state index in [9.17, 15) is 0 Å². The zero-order valence-electron chi connectivity index (χ0n) is 7.21. The van der Waals surface area contributed by atoms with E-state index in [1.165, 1.54) is 19.3 Å². The number of halogens is 1. The molecular formula is C8H17ISi. The van der Waals surface area contributed by atoms with Crippen molar-refractivity contribution in [3.05, 3.63) is 0 Å². The third-order valence-electron chi connectivity index (χ3n) is 3.11. The highest BCUT2D eigenvalue weighted by Gasteiger charge is 2.41. The Morgan fingerprint density at radius 1 is 1.30 bits per heavy atom. The Balaban J connectivity index is 2.70. The van der Waals surface area contributed by atoms with Gasteiger partial charge in [0.2, 0.25) is 0 Å². The first kappa shape index (κ1) is 9.04. The van der Waals surface area contributed by atoms with Crippen LogP contribution in [0.3, 0.4) is 0 Å². The second-order valence-corrected chi connectivity index (χ2v) is 13.1. The van der Waals surface area contributed by atoms with E-state index in [4.69, 9.17) is 0 Å². The summed E-state index contributed by atoms with van der Waals surface area (Å²) in [4.78, 5) is 0. The fourth-order valence-corrected chi connectivity index (χ4v) is 5.32. The molecule has 0 N–H and O–H groups in total. The van der Waals surface area contributed by atoms with Gasteiger partial charge in [-0.15, -0.1) is 0 Å². The van der Waals surface area contributed by atoms with E-state index in [2.05, 4.69) is 42.6 Å². The Hall–Kier alpha value is 0.947.